The van der Waals surface area contributed by atoms with Gasteiger partial charge in [-0.1, -0.05) is 38.5 Å². The van der Waals surface area contributed by atoms with E-state index in [9.17, 15) is 0 Å². The number of nitrogens with zero attached hydrogens (tertiary/aromatic N) is 1. The SMILES string of the molecule is Bn1c(C=C)c(C=C)c(C=C)c1C=C. The van der Waals surface area contributed by atoms with Gasteiger partial charge >= 0.3 is 0 Å². The molecule has 0 amide bonds. The van der Waals surface area contributed by atoms with E-state index in [-0.39, 0.29) is 0 Å². The van der Waals surface area contributed by atoms with Gasteiger partial charge in [0.15, 0.2) is 0 Å². The van der Waals surface area contributed by atoms with Crippen LogP contribution in [0, 0.1) is 0 Å². The maximum absolute atomic E-state index is 3.79. The summed E-state index contributed by atoms with van der Waals surface area (Å²) in [5.41, 5.74) is 4.22. The highest BCUT2D eigenvalue weighted by Gasteiger charge is 2.11. The molecule has 1 nitrogen and oxygen atoms in total. The van der Waals surface area contributed by atoms with Crippen molar-refractivity contribution in [2.45, 2.75) is 0 Å². The quantitative estimate of drug-likeness (QED) is 0.632. The lowest BCUT2D eigenvalue weighted by Gasteiger charge is -2.00. The molecule has 2 heteroatoms. The molecule has 0 spiro atoms. The Bertz CT molecular complexity index is 373. The standard InChI is InChI=1S/C12H14BN/c1-5-9-10(6-2)12(8-4)14(13)11(9)7-3/h5-8H,1-4,13H2. The molecule has 0 atom stereocenters. The van der Waals surface area contributed by atoms with E-state index in [0.29, 0.717) is 0 Å². The minimum atomic E-state index is 1.05. The first kappa shape index (κ1) is 10.4. The summed E-state index contributed by atoms with van der Waals surface area (Å²) in [6, 6.07) is 0. The minimum absolute atomic E-state index is 1.05. The van der Waals surface area contributed by atoms with Crippen LogP contribution in [0.3, 0.4) is 0 Å². The fraction of sp³-hybridized carbons (Fsp3) is 0. The fourth-order valence-corrected chi connectivity index (χ4v) is 1.69. The molecule has 1 aromatic rings. The first-order valence-electron chi connectivity index (χ1n) is 4.43. The van der Waals surface area contributed by atoms with E-state index in [1.165, 1.54) is 0 Å². The zero-order valence-electron chi connectivity index (χ0n) is 8.59. The van der Waals surface area contributed by atoms with Crippen molar-refractivity contribution in [1.82, 2.24) is 4.48 Å². The Kier molecular flexibility index (Phi) is 2.97. The maximum atomic E-state index is 3.79. The van der Waals surface area contributed by atoms with Gasteiger partial charge in [0.25, 0.3) is 0 Å². The Morgan fingerprint density at radius 1 is 0.786 bits per heavy atom. The topological polar surface area (TPSA) is 4.93 Å². The van der Waals surface area contributed by atoms with E-state index >= 15 is 0 Å². The van der Waals surface area contributed by atoms with Crippen LogP contribution in [0.25, 0.3) is 24.3 Å². The highest BCUT2D eigenvalue weighted by Crippen LogP contribution is 2.25. The molecule has 0 N–H and O–H groups in total. The van der Waals surface area contributed by atoms with Crippen molar-refractivity contribution < 1.29 is 0 Å². The molecule has 0 saturated carbocycles. The third kappa shape index (κ3) is 1.29. The molecule has 0 fully saturated rings. The number of hydrogen-bond donors (Lipinski definition) is 0. The molecule has 0 saturated heterocycles. The monoisotopic (exact) mass is 183 g/mol. The molecule has 1 rings (SSSR count). The normalized spacial score (nSPS) is 9.43. The summed E-state index contributed by atoms with van der Waals surface area (Å²) in [5, 5.41) is 0. The first-order chi connectivity index (χ1) is 6.71. The van der Waals surface area contributed by atoms with Crippen molar-refractivity contribution in [3.63, 3.8) is 0 Å². The van der Waals surface area contributed by atoms with Gasteiger partial charge in [-0.2, -0.15) is 0 Å². The number of rotatable bonds is 4. The van der Waals surface area contributed by atoms with Gasteiger partial charge in [0.05, 0.1) is 0 Å². The summed E-state index contributed by atoms with van der Waals surface area (Å²) < 4.78 is 2.04. The second-order valence-corrected chi connectivity index (χ2v) is 2.97. The van der Waals surface area contributed by atoms with Gasteiger partial charge in [0.2, 0.25) is 7.98 Å². The van der Waals surface area contributed by atoms with Crippen LogP contribution in [0.15, 0.2) is 26.3 Å². The average molecular weight is 183 g/mol. The van der Waals surface area contributed by atoms with E-state index in [0.717, 1.165) is 22.5 Å². The van der Waals surface area contributed by atoms with Crippen LogP contribution < -0.4 is 0 Å². The lowest BCUT2D eigenvalue weighted by Crippen LogP contribution is -1.96. The molecular formula is C12H14BN. The van der Waals surface area contributed by atoms with Gasteiger partial charge in [-0.15, -0.1) is 0 Å². The van der Waals surface area contributed by atoms with Crippen molar-refractivity contribution in [1.29, 1.82) is 0 Å². The molecule has 0 bridgehead atoms. The summed E-state index contributed by atoms with van der Waals surface area (Å²) in [6.07, 6.45) is 7.27. The summed E-state index contributed by atoms with van der Waals surface area (Å²) in [7, 11) is 1.98. The molecule has 0 aliphatic rings. The maximum Gasteiger partial charge on any atom is 0.223 e. The second-order valence-electron chi connectivity index (χ2n) is 2.97. The van der Waals surface area contributed by atoms with Crippen molar-refractivity contribution in [2.24, 2.45) is 0 Å². The molecule has 0 unspecified atom stereocenters. The van der Waals surface area contributed by atoms with Gasteiger partial charge in [0, 0.05) is 22.5 Å². The van der Waals surface area contributed by atoms with E-state index in [1.54, 1.807) is 0 Å². The highest BCUT2D eigenvalue weighted by atomic mass is 14.9. The summed E-state index contributed by atoms with van der Waals surface area (Å²) in [5.74, 6) is 0. The van der Waals surface area contributed by atoms with Gasteiger partial charge < -0.3 is 4.48 Å². The van der Waals surface area contributed by atoms with Crippen molar-refractivity contribution in [3.8, 4) is 0 Å². The van der Waals surface area contributed by atoms with Crippen LogP contribution in [0.2, 0.25) is 0 Å². The molecule has 0 aliphatic carbocycles. The van der Waals surface area contributed by atoms with Crippen molar-refractivity contribution in [2.75, 3.05) is 0 Å². The van der Waals surface area contributed by atoms with Crippen LogP contribution in [0.1, 0.15) is 22.5 Å². The lowest BCUT2D eigenvalue weighted by molar-refractivity contribution is 1.21. The smallest absolute Gasteiger partial charge is 0.223 e. The molecule has 14 heavy (non-hydrogen) atoms. The summed E-state index contributed by atoms with van der Waals surface area (Å²) in [4.78, 5) is 0. The Morgan fingerprint density at radius 2 is 1.14 bits per heavy atom. The Labute approximate surface area is 86.2 Å². The van der Waals surface area contributed by atoms with E-state index in [2.05, 4.69) is 26.3 Å². The number of hydrogen-bond acceptors (Lipinski definition) is 0. The molecule has 1 aromatic heterocycles. The average Bonchev–Trinajstić information content (AvgIpc) is 2.48. The van der Waals surface area contributed by atoms with Crippen LogP contribution >= 0.6 is 0 Å². The van der Waals surface area contributed by atoms with Crippen LogP contribution in [-0.4, -0.2) is 12.5 Å². The van der Waals surface area contributed by atoms with E-state index < -0.39 is 0 Å². The predicted molar refractivity (Wildman–Crippen MR) is 68.7 cm³/mol. The minimum Gasteiger partial charge on any atom is -0.393 e. The van der Waals surface area contributed by atoms with Gasteiger partial charge in [0.1, 0.15) is 0 Å². The first-order valence-corrected chi connectivity index (χ1v) is 4.43. The molecule has 0 aliphatic heterocycles. The van der Waals surface area contributed by atoms with E-state index in [1.807, 2.05) is 36.8 Å². The Balaban J connectivity index is 3.68. The Hall–Kier alpha value is -1.70. The second kappa shape index (κ2) is 4.01. The van der Waals surface area contributed by atoms with E-state index in [4.69, 9.17) is 0 Å². The van der Waals surface area contributed by atoms with Crippen molar-refractivity contribution in [3.05, 3.63) is 48.8 Å². The zero-order valence-corrected chi connectivity index (χ0v) is 8.59. The molecule has 0 radical (unpaired) electrons. The predicted octanol–water partition coefficient (Wildman–Crippen LogP) is 2.46. The van der Waals surface area contributed by atoms with Crippen LogP contribution in [0.4, 0.5) is 0 Å². The zero-order chi connectivity index (χ0) is 10.7. The summed E-state index contributed by atoms with van der Waals surface area (Å²) >= 11 is 0. The van der Waals surface area contributed by atoms with Crippen LogP contribution in [0.5, 0.6) is 0 Å². The third-order valence-corrected chi connectivity index (χ3v) is 2.36. The molecule has 70 valence electrons. The third-order valence-electron chi connectivity index (χ3n) is 2.36. The van der Waals surface area contributed by atoms with Gasteiger partial charge in [-0.3, -0.25) is 0 Å². The lowest BCUT2D eigenvalue weighted by atomic mass is 10.1. The fourth-order valence-electron chi connectivity index (χ4n) is 1.69. The van der Waals surface area contributed by atoms with Gasteiger partial charge in [-0.25, -0.2) is 0 Å². The summed E-state index contributed by atoms with van der Waals surface area (Å²) in [6.45, 7) is 15.2. The molecule has 0 aromatic carbocycles. The largest absolute Gasteiger partial charge is 0.393 e. The van der Waals surface area contributed by atoms with Gasteiger partial charge in [-0.05, 0) is 12.2 Å². The molecular weight excluding hydrogens is 169 g/mol. The van der Waals surface area contributed by atoms with Crippen LogP contribution in [-0.2, 0) is 0 Å². The Morgan fingerprint density at radius 3 is 1.36 bits per heavy atom. The van der Waals surface area contributed by atoms with Crippen molar-refractivity contribution >= 4 is 32.3 Å². The highest BCUT2D eigenvalue weighted by molar-refractivity contribution is 6.10. The molecule has 1 heterocycles. The number of aromatic nitrogens is 1.